The van der Waals surface area contributed by atoms with E-state index in [0.717, 1.165) is 6.07 Å². The van der Waals surface area contributed by atoms with Crippen LogP contribution >= 0.6 is 0 Å². The summed E-state index contributed by atoms with van der Waals surface area (Å²) in [6.45, 7) is 5.31. The smallest absolute Gasteiger partial charge is 0.335 e. The van der Waals surface area contributed by atoms with Crippen LogP contribution in [-0.4, -0.2) is 32.5 Å². The van der Waals surface area contributed by atoms with Crippen molar-refractivity contribution in [2.75, 3.05) is 0 Å². The van der Waals surface area contributed by atoms with E-state index in [-0.39, 0.29) is 29.2 Å². The number of carboxylic acid groups (broad SMARTS) is 1. The molecule has 0 heterocycles. The highest BCUT2D eigenvalue weighted by Gasteiger charge is 2.28. The topological polar surface area (TPSA) is 98.0 Å². The fourth-order valence-corrected chi connectivity index (χ4v) is 2.02. The van der Waals surface area contributed by atoms with Crippen molar-refractivity contribution in [2.24, 2.45) is 5.92 Å². The summed E-state index contributed by atoms with van der Waals surface area (Å²) in [6, 6.07) is 3.86. The highest BCUT2D eigenvalue weighted by molar-refractivity contribution is 5.88. The Bertz CT molecular complexity index is 479. The molecule has 0 aliphatic carbocycles. The lowest BCUT2D eigenvalue weighted by Gasteiger charge is -2.27. The third kappa shape index (κ3) is 3.95. The second-order valence-corrected chi connectivity index (χ2v) is 5.66. The van der Waals surface area contributed by atoms with Gasteiger partial charge in [-0.1, -0.05) is 19.9 Å². The fraction of sp³-hybridized carbons (Fsp3) is 0.533. The molecule has 5 heteroatoms. The highest BCUT2D eigenvalue weighted by Crippen LogP contribution is 2.34. The molecule has 1 unspecified atom stereocenters. The van der Waals surface area contributed by atoms with Crippen LogP contribution in [0.5, 0.6) is 5.75 Å². The second-order valence-electron chi connectivity index (χ2n) is 5.66. The number of carboxylic acids is 1. The number of rotatable bonds is 6. The lowest BCUT2D eigenvalue weighted by atomic mass is 9.87. The van der Waals surface area contributed by atoms with Gasteiger partial charge < -0.3 is 20.4 Å². The van der Waals surface area contributed by atoms with Crippen molar-refractivity contribution in [2.45, 2.75) is 45.3 Å². The molecule has 5 nitrogen and oxygen atoms in total. The minimum Gasteiger partial charge on any atom is -0.508 e. The van der Waals surface area contributed by atoms with Gasteiger partial charge in [-0.15, -0.1) is 0 Å². The van der Waals surface area contributed by atoms with Crippen LogP contribution in [0.1, 0.15) is 49.5 Å². The maximum Gasteiger partial charge on any atom is 0.335 e. The standard InChI is InChI=1S/C15H22O5/c1-9(2)12(16)6-7-15(3,20)11-5-4-10(14(18)19)8-13(11)17/h4-5,8-9,12,16-17,20H,6-7H2,1-3H3,(H,18,19)/t12?,15-/m0/s1. The van der Waals surface area contributed by atoms with Gasteiger partial charge in [0.15, 0.2) is 0 Å². The summed E-state index contributed by atoms with van der Waals surface area (Å²) in [5, 5.41) is 38.9. The Morgan fingerprint density at radius 1 is 1.35 bits per heavy atom. The van der Waals surface area contributed by atoms with Gasteiger partial charge in [0.2, 0.25) is 0 Å². The van der Waals surface area contributed by atoms with Crippen molar-refractivity contribution in [1.29, 1.82) is 0 Å². The molecule has 0 aliphatic rings. The Balaban J connectivity index is 2.89. The molecule has 0 bridgehead atoms. The van der Waals surface area contributed by atoms with E-state index in [9.17, 15) is 20.1 Å². The van der Waals surface area contributed by atoms with E-state index in [2.05, 4.69) is 0 Å². The van der Waals surface area contributed by atoms with E-state index >= 15 is 0 Å². The largest absolute Gasteiger partial charge is 0.508 e. The first kappa shape index (κ1) is 16.5. The molecule has 0 aromatic heterocycles. The average Bonchev–Trinajstić information content (AvgIpc) is 2.35. The molecule has 0 saturated heterocycles. The lowest BCUT2D eigenvalue weighted by Crippen LogP contribution is -2.25. The molecule has 0 saturated carbocycles. The van der Waals surface area contributed by atoms with Crippen LogP contribution in [-0.2, 0) is 5.60 Å². The lowest BCUT2D eigenvalue weighted by molar-refractivity contribution is 0.0188. The zero-order valence-corrected chi connectivity index (χ0v) is 12.0. The first-order chi connectivity index (χ1) is 9.15. The Labute approximate surface area is 118 Å². The quantitative estimate of drug-likeness (QED) is 0.640. The third-order valence-corrected chi connectivity index (χ3v) is 3.52. The van der Waals surface area contributed by atoms with Gasteiger partial charge in [-0.3, -0.25) is 0 Å². The van der Waals surface area contributed by atoms with E-state index in [1.807, 2.05) is 13.8 Å². The van der Waals surface area contributed by atoms with Gasteiger partial charge in [-0.25, -0.2) is 4.79 Å². The molecule has 1 aromatic rings. The maximum atomic E-state index is 10.8. The van der Waals surface area contributed by atoms with E-state index in [0.29, 0.717) is 6.42 Å². The molecule has 4 N–H and O–H groups in total. The van der Waals surface area contributed by atoms with Crippen molar-refractivity contribution in [3.05, 3.63) is 29.3 Å². The van der Waals surface area contributed by atoms with Crippen molar-refractivity contribution >= 4 is 5.97 Å². The van der Waals surface area contributed by atoms with Crippen LogP contribution in [0, 0.1) is 5.92 Å². The monoisotopic (exact) mass is 282 g/mol. The van der Waals surface area contributed by atoms with E-state index in [4.69, 9.17) is 5.11 Å². The molecule has 2 atom stereocenters. The Kier molecular flexibility index (Phi) is 5.14. The molecule has 1 aromatic carbocycles. The van der Waals surface area contributed by atoms with Gasteiger partial charge in [-0.2, -0.15) is 0 Å². The molecular weight excluding hydrogens is 260 g/mol. The van der Waals surface area contributed by atoms with Gasteiger partial charge in [0, 0.05) is 5.56 Å². The van der Waals surface area contributed by atoms with Gasteiger partial charge >= 0.3 is 5.97 Å². The van der Waals surface area contributed by atoms with Crippen molar-refractivity contribution in [1.82, 2.24) is 0 Å². The van der Waals surface area contributed by atoms with Crippen LogP contribution in [0.3, 0.4) is 0 Å². The maximum absolute atomic E-state index is 10.8. The van der Waals surface area contributed by atoms with Gasteiger partial charge in [0.1, 0.15) is 5.75 Å². The number of aromatic carboxylic acids is 1. The molecule has 0 amide bonds. The molecule has 0 spiro atoms. The molecule has 0 radical (unpaired) electrons. The number of phenolic OH excluding ortho intramolecular Hbond substituents is 1. The minimum absolute atomic E-state index is 0.0377. The number of aromatic hydroxyl groups is 1. The van der Waals surface area contributed by atoms with Crippen molar-refractivity contribution in [3.63, 3.8) is 0 Å². The first-order valence-electron chi connectivity index (χ1n) is 6.62. The van der Waals surface area contributed by atoms with Crippen LogP contribution in [0.25, 0.3) is 0 Å². The summed E-state index contributed by atoms with van der Waals surface area (Å²) in [5.41, 5.74) is -1.10. The highest BCUT2D eigenvalue weighted by atomic mass is 16.4. The minimum atomic E-state index is -1.32. The van der Waals surface area contributed by atoms with Crippen LogP contribution in [0.2, 0.25) is 0 Å². The zero-order valence-electron chi connectivity index (χ0n) is 12.0. The summed E-state index contributed by atoms with van der Waals surface area (Å²) in [7, 11) is 0. The predicted molar refractivity (Wildman–Crippen MR) is 74.7 cm³/mol. The van der Waals surface area contributed by atoms with Gasteiger partial charge in [-0.05, 0) is 37.8 Å². The number of carbonyl (C=O) groups is 1. The molecular formula is C15H22O5. The summed E-state index contributed by atoms with van der Waals surface area (Å²) >= 11 is 0. The average molecular weight is 282 g/mol. The van der Waals surface area contributed by atoms with Crippen LogP contribution in [0.4, 0.5) is 0 Å². The normalized spacial score (nSPS) is 15.9. The Morgan fingerprint density at radius 3 is 2.40 bits per heavy atom. The van der Waals surface area contributed by atoms with E-state index < -0.39 is 17.7 Å². The zero-order chi connectivity index (χ0) is 15.5. The molecule has 0 aliphatic heterocycles. The SMILES string of the molecule is CC(C)C(O)CC[C@](C)(O)c1ccc(C(=O)O)cc1O. The number of benzene rings is 1. The third-order valence-electron chi connectivity index (χ3n) is 3.52. The summed E-state index contributed by atoms with van der Waals surface area (Å²) in [6.07, 6.45) is 0.138. The number of hydrogen-bond donors (Lipinski definition) is 4. The number of hydrogen-bond acceptors (Lipinski definition) is 4. The van der Waals surface area contributed by atoms with Crippen LogP contribution in [0.15, 0.2) is 18.2 Å². The molecule has 112 valence electrons. The Hall–Kier alpha value is -1.59. The number of aliphatic hydroxyl groups excluding tert-OH is 1. The second kappa shape index (κ2) is 6.24. The molecule has 20 heavy (non-hydrogen) atoms. The summed E-state index contributed by atoms with van der Waals surface area (Å²) < 4.78 is 0. The van der Waals surface area contributed by atoms with Crippen LogP contribution < -0.4 is 0 Å². The number of aliphatic hydroxyl groups is 2. The summed E-state index contributed by atoms with van der Waals surface area (Å²) in [4.78, 5) is 10.8. The first-order valence-corrected chi connectivity index (χ1v) is 6.62. The van der Waals surface area contributed by atoms with E-state index in [1.165, 1.54) is 19.1 Å². The predicted octanol–water partition coefficient (Wildman–Crippen LogP) is 2.10. The van der Waals surface area contributed by atoms with Crippen molar-refractivity contribution in [3.8, 4) is 5.75 Å². The van der Waals surface area contributed by atoms with Gasteiger partial charge in [0.25, 0.3) is 0 Å². The summed E-state index contributed by atoms with van der Waals surface area (Å²) in [5.74, 6) is -1.30. The number of phenols is 1. The molecule has 0 fully saturated rings. The van der Waals surface area contributed by atoms with E-state index in [1.54, 1.807) is 0 Å². The fourth-order valence-electron chi connectivity index (χ4n) is 2.02. The molecule has 1 rings (SSSR count). The Morgan fingerprint density at radius 2 is 1.95 bits per heavy atom. The van der Waals surface area contributed by atoms with Gasteiger partial charge in [0.05, 0.1) is 17.3 Å². The van der Waals surface area contributed by atoms with Crippen molar-refractivity contribution < 1.29 is 25.2 Å².